The molecule has 2 unspecified atom stereocenters. The standard InChI is InChI=1S/C18H25IN3O2P/c1-4-17(5-2)12-18(21(3)16(17)24)8-6-13(7-9-18)15-14(11-23)10-22(20-15)25-19/h6,10-11,25H,4-5,7-9,12H2,1-3H3. The number of nitrogens with zero attached hydrogens (tertiary/aromatic N) is 3. The Kier molecular flexibility index (Phi) is 5.41. The number of likely N-dealkylation sites (tertiary alicyclic amines) is 1. The van der Waals surface area contributed by atoms with Gasteiger partial charge in [0.25, 0.3) is 0 Å². The smallest absolute Gasteiger partial charge is 0.229 e. The summed E-state index contributed by atoms with van der Waals surface area (Å²) in [4.78, 5) is 26.3. The van der Waals surface area contributed by atoms with Crippen molar-refractivity contribution in [3.63, 3.8) is 0 Å². The third-order valence-electron chi connectivity index (χ3n) is 6.34. The van der Waals surface area contributed by atoms with Crippen molar-refractivity contribution in [2.75, 3.05) is 7.05 Å². The topological polar surface area (TPSA) is 55.2 Å². The Labute approximate surface area is 163 Å². The van der Waals surface area contributed by atoms with Gasteiger partial charge in [0, 0.05) is 18.8 Å². The van der Waals surface area contributed by atoms with Crippen molar-refractivity contribution in [2.45, 2.75) is 57.9 Å². The van der Waals surface area contributed by atoms with Crippen LogP contribution in [0.4, 0.5) is 0 Å². The van der Waals surface area contributed by atoms with Crippen molar-refractivity contribution in [1.29, 1.82) is 0 Å². The van der Waals surface area contributed by atoms with Crippen LogP contribution in [-0.4, -0.2) is 39.2 Å². The fraction of sp³-hybridized carbons (Fsp3) is 0.611. The van der Waals surface area contributed by atoms with Gasteiger partial charge in [0.05, 0.1) is 23.0 Å². The summed E-state index contributed by atoms with van der Waals surface area (Å²) in [6.07, 6.45) is 10.8. The molecule has 1 saturated heterocycles. The van der Waals surface area contributed by atoms with Crippen LogP contribution in [0, 0.1) is 5.41 Å². The van der Waals surface area contributed by atoms with Crippen LogP contribution < -0.4 is 0 Å². The van der Waals surface area contributed by atoms with E-state index in [9.17, 15) is 9.59 Å². The fourth-order valence-electron chi connectivity index (χ4n) is 4.53. The fourth-order valence-corrected chi connectivity index (χ4v) is 5.60. The maximum Gasteiger partial charge on any atom is 0.229 e. The molecule has 2 atom stereocenters. The lowest BCUT2D eigenvalue weighted by Gasteiger charge is -2.38. The molecule has 1 aromatic rings. The van der Waals surface area contributed by atoms with Gasteiger partial charge in [0.15, 0.2) is 6.29 Å². The van der Waals surface area contributed by atoms with E-state index >= 15 is 0 Å². The molecule has 2 heterocycles. The minimum Gasteiger partial charge on any atom is -0.339 e. The minimum atomic E-state index is -0.196. The van der Waals surface area contributed by atoms with E-state index in [1.807, 2.05) is 22.6 Å². The van der Waals surface area contributed by atoms with Gasteiger partial charge in [0.1, 0.15) is 0 Å². The van der Waals surface area contributed by atoms with Crippen molar-refractivity contribution < 1.29 is 9.59 Å². The summed E-state index contributed by atoms with van der Waals surface area (Å²) in [5.41, 5.74) is 2.36. The third-order valence-corrected chi connectivity index (χ3v) is 8.22. The maximum atomic E-state index is 12.9. The lowest BCUT2D eigenvalue weighted by Crippen LogP contribution is -2.44. The highest BCUT2D eigenvalue weighted by molar-refractivity contribution is 14.2. The van der Waals surface area contributed by atoms with E-state index in [0.29, 0.717) is 17.8 Å². The highest BCUT2D eigenvalue weighted by atomic mass is 127. The van der Waals surface area contributed by atoms with Gasteiger partial charge in [-0.3, -0.25) is 9.59 Å². The second-order valence-corrected chi connectivity index (χ2v) is 9.34. The Balaban J connectivity index is 1.89. The molecular formula is C18H25IN3O2P. The molecule has 0 N–H and O–H groups in total. The van der Waals surface area contributed by atoms with Crippen LogP contribution in [0.15, 0.2) is 12.3 Å². The van der Waals surface area contributed by atoms with Crippen molar-refractivity contribution in [1.82, 2.24) is 14.5 Å². The monoisotopic (exact) mass is 473 g/mol. The molecule has 25 heavy (non-hydrogen) atoms. The van der Waals surface area contributed by atoms with Gasteiger partial charge in [-0.25, -0.2) is 4.45 Å². The number of amides is 1. The highest BCUT2D eigenvalue weighted by Gasteiger charge is 2.55. The Bertz CT molecular complexity index is 726. The van der Waals surface area contributed by atoms with Gasteiger partial charge in [-0.15, -0.1) is 0 Å². The van der Waals surface area contributed by atoms with Crippen LogP contribution in [0.5, 0.6) is 0 Å². The second kappa shape index (κ2) is 7.10. The predicted octanol–water partition coefficient (Wildman–Crippen LogP) is 4.46. The largest absolute Gasteiger partial charge is 0.339 e. The average Bonchev–Trinajstić information content (AvgIpc) is 3.16. The van der Waals surface area contributed by atoms with Crippen LogP contribution in [-0.2, 0) is 4.79 Å². The summed E-state index contributed by atoms with van der Waals surface area (Å²) in [6.45, 7) is 4.26. The van der Waals surface area contributed by atoms with Gasteiger partial charge >= 0.3 is 0 Å². The van der Waals surface area contributed by atoms with Crippen LogP contribution in [0.3, 0.4) is 0 Å². The quantitative estimate of drug-likeness (QED) is 0.361. The van der Waals surface area contributed by atoms with Gasteiger partial charge in [0.2, 0.25) is 5.91 Å². The molecule has 5 nitrogen and oxygen atoms in total. The number of carbonyl (C=O) groups is 2. The molecule has 1 aliphatic carbocycles. The number of rotatable bonds is 5. The van der Waals surface area contributed by atoms with Gasteiger partial charge < -0.3 is 4.90 Å². The summed E-state index contributed by atoms with van der Waals surface area (Å²) in [6, 6.07) is 0. The molecule has 136 valence electrons. The van der Waals surface area contributed by atoms with E-state index in [0.717, 1.165) is 56.1 Å². The molecule has 0 radical (unpaired) electrons. The summed E-state index contributed by atoms with van der Waals surface area (Å²) >= 11 is 2.26. The van der Waals surface area contributed by atoms with Crippen molar-refractivity contribution in [3.8, 4) is 0 Å². The van der Waals surface area contributed by atoms with Crippen LogP contribution in [0.2, 0.25) is 0 Å². The number of aromatic nitrogens is 2. The van der Waals surface area contributed by atoms with Gasteiger partial charge in [-0.2, -0.15) is 5.10 Å². The summed E-state index contributed by atoms with van der Waals surface area (Å²) in [7, 11) is 1.97. The molecule has 0 saturated carbocycles. The number of allylic oxidation sites excluding steroid dienone is 1. The molecule has 1 aromatic heterocycles. The minimum absolute atomic E-state index is 0.0679. The Morgan fingerprint density at radius 3 is 2.60 bits per heavy atom. The van der Waals surface area contributed by atoms with Gasteiger partial charge in [-0.1, -0.05) is 19.9 Å². The molecule has 0 bridgehead atoms. The molecular weight excluding hydrogens is 448 g/mol. The first-order valence-electron chi connectivity index (χ1n) is 8.84. The predicted molar refractivity (Wildman–Crippen MR) is 110 cm³/mol. The number of hydrogen-bond acceptors (Lipinski definition) is 3. The zero-order chi connectivity index (χ0) is 18.2. The number of aldehydes is 1. The summed E-state index contributed by atoms with van der Waals surface area (Å²) in [5, 5.41) is 4.57. The normalized spacial score (nSPS) is 26.0. The maximum absolute atomic E-state index is 12.9. The highest BCUT2D eigenvalue weighted by Crippen LogP contribution is 2.52. The second-order valence-electron chi connectivity index (χ2n) is 7.27. The zero-order valence-corrected chi connectivity index (χ0v) is 18.2. The Hall–Kier alpha value is -0.750. The van der Waals surface area contributed by atoms with Crippen LogP contribution >= 0.6 is 28.4 Å². The lowest BCUT2D eigenvalue weighted by atomic mass is 9.71. The molecule has 2 aliphatic rings. The first kappa shape index (κ1) is 19.0. The molecule has 1 aliphatic heterocycles. The first-order chi connectivity index (χ1) is 11.9. The molecule has 3 rings (SSSR count). The Morgan fingerprint density at radius 2 is 2.12 bits per heavy atom. The zero-order valence-electron chi connectivity index (χ0n) is 15.0. The SMILES string of the molecule is CCC1(CC)CC2(CC=C(c3nn(PI)cc3C=O)CC2)N(C)C1=O. The summed E-state index contributed by atoms with van der Waals surface area (Å²) in [5.74, 6) is 0.304. The molecule has 1 amide bonds. The van der Waals surface area contributed by atoms with Crippen molar-refractivity contribution >= 4 is 46.2 Å². The molecule has 1 fully saturated rings. The number of halogens is 1. The van der Waals surface area contributed by atoms with Crippen LogP contribution in [0.1, 0.15) is 68.4 Å². The van der Waals surface area contributed by atoms with E-state index in [1.54, 1.807) is 0 Å². The van der Waals surface area contributed by atoms with E-state index < -0.39 is 0 Å². The van der Waals surface area contributed by atoms with Crippen molar-refractivity contribution in [2.24, 2.45) is 5.41 Å². The van der Waals surface area contributed by atoms with Crippen molar-refractivity contribution in [3.05, 3.63) is 23.5 Å². The first-order valence-corrected chi connectivity index (χ1v) is 12.9. The van der Waals surface area contributed by atoms with E-state index in [2.05, 4.69) is 47.1 Å². The van der Waals surface area contributed by atoms with E-state index in [-0.39, 0.29) is 11.0 Å². The Morgan fingerprint density at radius 1 is 1.40 bits per heavy atom. The van der Waals surface area contributed by atoms with Gasteiger partial charge in [-0.05, 0) is 66.1 Å². The number of hydrogen-bond donors (Lipinski definition) is 0. The lowest BCUT2D eigenvalue weighted by molar-refractivity contribution is -0.137. The molecule has 1 spiro atoms. The van der Waals surface area contributed by atoms with E-state index in [4.69, 9.17) is 0 Å². The van der Waals surface area contributed by atoms with E-state index in [1.165, 1.54) is 0 Å². The molecule has 7 heteroatoms. The summed E-state index contributed by atoms with van der Waals surface area (Å²) < 4.78 is 1.83. The van der Waals surface area contributed by atoms with Crippen LogP contribution in [0.25, 0.3) is 5.57 Å². The number of carbonyl (C=O) groups excluding carboxylic acids is 2. The third kappa shape index (κ3) is 2.99. The molecule has 0 aromatic carbocycles. The average molecular weight is 473 g/mol.